The van der Waals surface area contributed by atoms with Gasteiger partial charge in [-0.3, -0.25) is 4.79 Å². The number of benzene rings is 1. The summed E-state index contributed by atoms with van der Waals surface area (Å²) in [6.45, 7) is 8.50. The Labute approximate surface area is 161 Å². The van der Waals surface area contributed by atoms with Crippen molar-refractivity contribution in [3.63, 3.8) is 0 Å². The van der Waals surface area contributed by atoms with E-state index in [0.717, 1.165) is 25.9 Å². The summed E-state index contributed by atoms with van der Waals surface area (Å²) in [6.07, 6.45) is 1.06. The first-order valence-corrected chi connectivity index (χ1v) is 10.0. The number of carbonyl (C=O) groups excluding carboxylic acids is 2. The van der Waals surface area contributed by atoms with Crippen LogP contribution in [-0.4, -0.2) is 43.1 Å². The van der Waals surface area contributed by atoms with Gasteiger partial charge in [0.25, 0.3) is 0 Å². The molecule has 3 aliphatic rings. The van der Waals surface area contributed by atoms with Crippen LogP contribution in [0.1, 0.15) is 50.7 Å². The van der Waals surface area contributed by atoms with Crippen LogP contribution < -0.4 is 5.32 Å². The van der Waals surface area contributed by atoms with Gasteiger partial charge in [0.1, 0.15) is 0 Å². The highest BCUT2D eigenvalue weighted by atomic mass is 16.5. The molecule has 27 heavy (non-hydrogen) atoms. The molecule has 146 valence electrons. The minimum atomic E-state index is -0.409. The lowest BCUT2D eigenvalue weighted by molar-refractivity contribution is -0.138. The third kappa shape index (κ3) is 3.44. The standard InChI is InChI=1S/C22H30N2O3/c1-22(2,3)15-7-5-13(6-8-15)19-17-11-24(12-18(17)19)20(25)14-9-16(10-14)23-21(26)27-4/h5-8,14,16-19H,9-12H2,1-4H3,(H,23,26). The highest BCUT2D eigenvalue weighted by Gasteiger charge is 2.57. The number of fused-ring (bicyclic) bond motifs is 1. The van der Waals surface area contributed by atoms with Crippen molar-refractivity contribution in [1.29, 1.82) is 0 Å². The first-order valence-electron chi connectivity index (χ1n) is 10.0. The summed E-state index contributed by atoms with van der Waals surface area (Å²) < 4.78 is 4.61. The second-order valence-electron chi connectivity index (χ2n) is 9.47. The van der Waals surface area contributed by atoms with Gasteiger partial charge in [0.05, 0.1) is 7.11 Å². The Morgan fingerprint density at radius 3 is 2.19 bits per heavy atom. The average Bonchev–Trinajstić information content (AvgIpc) is 3.09. The molecule has 5 heteroatoms. The number of nitrogens with zero attached hydrogens (tertiary/aromatic N) is 1. The van der Waals surface area contributed by atoms with Crippen molar-refractivity contribution in [2.45, 2.75) is 51.0 Å². The van der Waals surface area contributed by atoms with Crippen LogP contribution in [-0.2, 0) is 14.9 Å². The van der Waals surface area contributed by atoms with E-state index in [2.05, 4.69) is 55.1 Å². The molecule has 2 aliphatic carbocycles. The lowest BCUT2D eigenvalue weighted by Gasteiger charge is -2.37. The number of rotatable bonds is 3. The van der Waals surface area contributed by atoms with Gasteiger partial charge in [-0.15, -0.1) is 0 Å². The van der Waals surface area contributed by atoms with Crippen LogP contribution >= 0.6 is 0 Å². The number of likely N-dealkylation sites (tertiary alicyclic amines) is 1. The molecule has 0 spiro atoms. The van der Waals surface area contributed by atoms with Crippen LogP contribution in [0.4, 0.5) is 4.79 Å². The van der Waals surface area contributed by atoms with E-state index in [1.165, 1.54) is 18.2 Å². The number of carbonyl (C=O) groups is 2. The maximum Gasteiger partial charge on any atom is 0.407 e. The largest absolute Gasteiger partial charge is 0.453 e. The molecule has 2 amide bonds. The van der Waals surface area contributed by atoms with Gasteiger partial charge in [-0.1, -0.05) is 45.0 Å². The first kappa shape index (κ1) is 18.3. The van der Waals surface area contributed by atoms with Gasteiger partial charge in [0.15, 0.2) is 0 Å². The lowest BCUT2D eigenvalue weighted by Crippen LogP contribution is -2.50. The molecule has 5 nitrogen and oxygen atoms in total. The second-order valence-corrected chi connectivity index (χ2v) is 9.47. The zero-order valence-corrected chi connectivity index (χ0v) is 16.7. The van der Waals surface area contributed by atoms with Crippen molar-refractivity contribution >= 4 is 12.0 Å². The summed E-state index contributed by atoms with van der Waals surface area (Å²) in [4.78, 5) is 25.9. The van der Waals surface area contributed by atoms with Crippen LogP contribution in [0.3, 0.4) is 0 Å². The Bertz CT molecular complexity index is 719. The minimum absolute atomic E-state index is 0.0641. The van der Waals surface area contributed by atoms with Crippen LogP contribution in [0.5, 0.6) is 0 Å². The van der Waals surface area contributed by atoms with Crippen LogP contribution in [0.2, 0.25) is 0 Å². The topological polar surface area (TPSA) is 58.6 Å². The van der Waals surface area contributed by atoms with Gasteiger partial charge >= 0.3 is 6.09 Å². The molecule has 2 unspecified atom stereocenters. The molecule has 0 bridgehead atoms. The van der Waals surface area contributed by atoms with E-state index in [9.17, 15) is 9.59 Å². The van der Waals surface area contributed by atoms with E-state index in [1.54, 1.807) is 0 Å². The summed E-state index contributed by atoms with van der Waals surface area (Å²) in [5.74, 6) is 2.20. The maximum atomic E-state index is 12.7. The highest BCUT2D eigenvalue weighted by molar-refractivity contribution is 5.81. The summed E-state index contributed by atoms with van der Waals surface area (Å²) in [5, 5.41) is 2.77. The zero-order valence-electron chi connectivity index (χ0n) is 16.7. The average molecular weight is 370 g/mol. The Morgan fingerprint density at radius 2 is 1.67 bits per heavy atom. The van der Waals surface area contributed by atoms with Gasteiger partial charge in [-0.2, -0.15) is 0 Å². The molecule has 1 saturated heterocycles. The van der Waals surface area contributed by atoms with E-state index in [-0.39, 0.29) is 23.3 Å². The number of methoxy groups -OCH3 is 1. The molecular weight excluding hydrogens is 340 g/mol. The molecule has 1 aromatic carbocycles. The Morgan fingerprint density at radius 1 is 1.07 bits per heavy atom. The van der Waals surface area contributed by atoms with Crippen molar-refractivity contribution in [1.82, 2.24) is 10.2 Å². The Balaban J connectivity index is 1.27. The summed E-state index contributed by atoms with van der Waals surface area (Å²) in [5.41, 5.74) is 2.98. The van der Waals surface area contributed by atoms with Crippen molar-refractivity contribution in [3.05, 3.63) is 35.4 Å². The maximum absolute atomic E-state index is 12.7. The fraction of sp³-hybridized carbons (Fsp3) is 0.636. The van der Waals surface area contributed by atoms with Crippen LogP contribution in [0, 0.1) is 17.8 Å². The summed E-state index contributed by atoms with van der Waals surface area (Å²) in [6, 6.07) is 9.16. The van der Waals surface area contributed by atoms with Gasteiger partial charge < -0.3 is 15.0 Å². The number of ether oxygens (including phenoxy) is 1. The monoisotopic (exact) mass is 370 g/mol. The molecule has 0 radical (unpaired) electrons. The lowest BCUT2D eigenvalue weighted by atomic mass is 9.79. The molecule has 2 atom stereocenters. The van der Waals surface area contributed by atoms with Crippen molar-refractivity contribution in [2.75, 3.05) is 20.2 Å². The molecular formula is C22H30N2O3. The summed E-state index contributed by atoms with van der Waals surface area (Å²) >= 11 is 0. The molecule has 2 saturated carbocycles. The van der Waals surface area contributed by atoms with Gasteiger partial charge in [0, 0.05) is 25.0 Å². The van der Waals surface area contributed by atoms with Crippen molar-refractivity contribution in [3.8, 4) is 0 Å². The summed E-state index contributed by atoms with van der Waals surface area (Å²) in [7, 11) is 1.36. The fourth-order valence-electron chi connectivity index (χ4n) is 4.83. The van der Waals surface area contributed by atoms with E-state index >= 15 is 0 Å². The molecule has 1 aliphatic heterocycles. The Kier molecular flexibility index (Phi) is 4.44. The number of hydrogen-bond acceptors (Lipinski definition) is 3. The zero-order chi connectivity index (χ0) is 19.3. The number of amides is 2. The molecule has 1 aromatic rings. The first-order chi connectivity index (χ1) is 12.8. The predicted molar refractivity (Wildman–Crippen MR) is 103 cm³/mol. The van der Waals surface area contributed by atoms with Crippen LogP contribution in [0.25, 0.3) is 0 Å². The Hall–Kier alpha value is -2.04. The highest BCUT2D eigenvalue weighted by Crippen LogP contribution is 2.58. The SMILES string of the molecule is COC(=O)NC1CC(C(=O)N2CC3C(C2)C3c2ccc(C(C)(C)C)cc2)C1. The molecule has 3 fully saturated rings. The van der Waals surface area contributed by atoms with Gasteiger partial charge in [-0.05, 0) is 47.1 Å². The normalized spacial score (nSPS) is 31.7. The van der Waals surface area contributed by atoms with Crippen molar-refractivity contribution < 1.29 is 14.3 Å². The quantitative estimate of drug-likeness (QED) is 0.888. The third-order valence-electron chi connectivity index (χ3n) is 6.66. The number of alkyl carbamates (subject to hydrolysis) is 1. The minimum Gasteiger partial charge on any atom is -0.453 e. The van der Waals surface area contributed by atoms with E-state index in [4.69, 9.17) is 0 Å². The number of piperidine rings is 1. The van der Waals surface area contributed by atoms with E-state index in [1.807, 2.05) is 4.90 Å². The van der Waals surface area contributed by atoms with Gasteiger partial charge in [-0.25, -0.2) is 4.79 Å². The smallest absolute Gasteiger partial charge is 0.407 e. The van der Waals surface area contributed by atoms with E-state index < -0.39 is 6.09 Å². The van der Waals surface area contributed by atoms with Crippen LogP contribution in [0.15, 0.2) is 24.3 Å². The molecule has 1 heterocycles. The third-order valence-corrected chi connectivity index (χ3v) is 6.66. The molecule has 0 aromatic heterocycles. The van der Waals surface area contributed by atoms with Crippen molar-refractivity contribution in [2.24, 2.45) is 17.8 Å². The van der Waals surface area contributed by atoms with Gasteiger partial charge in [0.2, 0.25) is 5.91 Å². The second kappa shape index (κ2) is 6.54. The molecule has 1 N–H and O–H groups in total. The number of hydrogen-bond donors (Lipinski definition) is 1. The fourth-order valence-corrected chi connectivity index (χ4v) is 4.83. The van der Waals surface area contributed by atoms with E-state index in [0.29, 0.717) is 17.8 Å². The predicted octanol–water partition coefficient (Wildman–Crippen LogP) is 3.29. The number of nitrogens with one attached hydrogen (secondary N) is 1. The molecule has 4 rings (SSSR count).